The van der Waals surface area contributed by atoms with Crippen LogP contribution < -0.4 is 0 Å². The molecule has 0 radical (unpaired) electrons. The van der Waals surface area contributed by atoms with Crippen molar-refractivity contribution >= 4 is 5.57 Å². The van der Waals surface area contributed by atoms with Crippen molar-refractivity contribution in [3.8, 4) is 0 Å². The Balaban J connectivity index is 2.87. The Hall–Kier alpha value is -1.30. The van der Waals surface area contributed by atoms with Gasteiger partial charge in [-0.05, 0) is 75.3 Å². The maximum Gasteiger partial charge on any atom is -0.0198 e. The molecule has 0 saturated carbocycles. The molecule has 0 aromatic heterocycles. The highest BCUT2D eigenvalue weighted by Gasteiger charge is 2.06. The Bertz CT molecular complexity index is 447. The Morgan fingerprint density at radius 2 is 1.76 bits per heavy atom. The van der Waals surface area contributed by atoms with E-state index in [1.807, 2.05) is 0 Å². The molecule has 17 heavy (non-hydrogen) atoms. The molecule has 0 nitrogen and oxygen atoms in total. The number of benzene rings is 1. The van der Waals surface area contributed by atoms with Crippen molar-refractivity contribution in [3.05, 3.63) is 52.6 Å². The topological polar surface area (TPSA) is 0 Å². The molecule has 0 atom stereocenters. The number of allylic oxidation sites excluding steroid dienone is 3. The molecular formula is C17H24. The van der Waals surface area contributed by atoms with Gasteiger partial charge in [-0.2, -0.15) is 0 Å². The Labute approximate surface area is 106 Å². The molecule has 0 saturated heterocycles. The van der Waals surface area contributed by atoms with Gasteiger partial charge in [0.25, 0.3) is 0 Å². The Kier molecular flexibility index (Phi) is 4.74. The Morgan fingerprint density at radius 3 is 2.35 bits per heavy atom. The van der Waals surface area contributed by atoms with Gasteiger partial charge in [0.15, 0.2) is 0 Å². The molecule has 0 amide bonds. The van der Waals surface area contributed by atoms with Crippen LogP contribution in [0, 0.1) is 20.8 Å². The van der Waals surface area contributed by atoms with Crippen LogP contribution in [0.2, 0.25) is 0 Å². The largest absolute Gasteiger partial charge is 0.0952 e. The highest BCUT2D eigenvalue weighted by molar-refractivity contribution is 5.68. The highest BCUT2D eigenvalue weighted by Crippen LogP contribution is 2.26. The van der Waals surface area contributed by atoms with E-state index in [9.17, 15) is 0 Å². The van der Waals surface area contributed by atoms with E-state index < -0.39 is 0 Å². The van der Waals surface area contributed by atoms with E-state index in [0.29, 0.717) is 0 Å². The van der Waals surface area contributed by atoms with Crippen LogP contribution in [0.5, 0.6) is 0 Å². The molecule has 0 spiro atoms. The first kappa shape index (κ1) is 13.8. The van der Waals surface area contributed by atoms with Gasteiger partial charge in [0.2, 0.25) is 0 Å². The van der Waals surface area contributed by atoms with Gasteiger partial charge in [0.1, 0.15) is 0 Å². The lowest BCUT2D eigenvalue weighted by Crippen LogP contribution is -1.94. The van der Waals surface area contributed by atoms with Gasteiger partial charge in [0.05, 0.1) is 0 Å². The quantitative estimate of drug-likeness (QED) is 0.608. The summed E-state index contributed by atoms with van der Waals surface area (Å²) in [5, 5.41) is 0. The van der Waals surface area contributed by atoms with Crippen LogP contribution in [0.3, 0.4) is 0 Å². The zero-order valence-electron chi connectivity index (χ0n) is 11.9. The van der Waals surface area contributed by atoms with E-state index in [1.165, 1.54) is 33.4 Å². The van der Waals surface area contributed by atoms with Crippen molar-refractivity contribution < 1.29 is 0 Å². The lowest BCUT2D eigenvalue weighted by Gasteiger charge is -2.13. The van der Waals surface area contributed by atoms with E-state index in [1.54, 1.807) is 0 Å². The summed E-state index contributed by atoms with van der Waals surface area (Å²) < 4.78 is 0. The predicted octanol–water partition coefficient (Wildman–Crippen LogP) is 5.37. The lowest BCUT2D eigenvalue weighted by molar-refractivity contribution is 0.987. The number of hydrogen-bond donors (Lipinski definition) is 0. The maximum atomic E-state index is 4.24. The smallest absolute Gasteiger partial charge is 0.0198 e. The molecule has 1 rings (SSSR count). The first-order valence-electron chi connectivity index (χ1n) is 6.34. The summed E-state index contributed by atoms with van der Waals surface area (Å²) in [5.41, 5.74) is 8.17. The molecule has 0 heteroatoms. The van der Waals surface area contributed by atoms with Crippen molar-refractivity contribution in [2.75, 3.05) is 0 Å². The van der Waals surface area contributed by atoms with E-state index in [-0.39, 0.29) is 0 Å². The van der Waals surface area contributed by atoms with Gasteiger partial charge in [-0.25, -0.2) is 0 Å². The van der Waals surface area contributed by atoms with Crippen LogP contribution in [0.15, 0.2) is 30.4 Å². The van der Waals surface area contributed by atoms with Crippen molar-refractivity contribution in [1.82, 2.24) is 0 Å². The van der Waals surface area contributed by atoms with E-state index >= 15 is 0 Å². The summed E-state index contributed by atoms with van der Waals surface area (Å²) >= 11 is 0. The summed E-state index contributed by atoms with van der Waals surface area (Å²) in [6.45, 7) is 15.1. The Morgan fingerprint density at radius 1 is 1.12 bits per heavy atom. The first-order chi connectivity index (χ1) is 7.97. The minimum Gasteiger partial charge on any atom is -0.0952 e. The second-order valence-electron chi connectivity index (χ2n) is 4.92. The lowest BCUT2D eigenvalue weighted by atomic mass is 9.92. The fraction of sp³-hybridized carbons (Fsp3) is 0.412. The SMILES string of the molecule is C=C(CC/C(C)=C\C)c1ccc(C)c(C)c1C. The molecule has 0 aliphatic rings. The van der Waals surface area contributed by atoms with Gasteiger partial charge < -0.3 is 0 Å². The third kappa shape index (κ3) is 3.33. The molecule has 0 heterocycles. The van der Waals surface area contributed by atoms with E-state index in [4.69, 9.17) is 0 Å². The number of rotatable bonds is 4. The maximum absolute atomic E-state index is 4.24. The molecule has 0 aliphatic carbocycles. The summed E-state index contributed by atoms with van der Waals surface area (Å²) in [4.78, 5) is 0. The molecule has 1 aromatic carbocycles. The third-order valence-electron chi connectivity index (χ3n) is 3.75. The van der Waals surface area contributed by atoms with E-state index in [2.05, 4.69) is 59.4 Å². The monoisotopic (exact) mass is 228 g/mol. The van der Waals surface area contributed by atoms with Crippen LogP contribution in [-0.2, 0) is 0 Å². The average Bonchev–Trinajstić information content (AvgIpc) is 2.32. The number of hydrogen-bond acceptors (Lipinski definition) is 0. The second kappa shape index (κ2) is 5.86. The molecule has 0 fully saturated rings. The molecule has 0 bridgehead atoms. The zero-order chi connectivity index (χ0) is 13.0. The molecule has 1 aromatic rings. The molecule has 0 unspecified atom stereocenters. The van der Waals surface area contributed by atoms with E-state index in [0.717, 1.165) is 12.8 Å². The predicted molar refractivity (Wildman–Crippen MR) is 78.4 cm³/mol. The molecule has 92 valence electrons. The standard InChI is InChI=1S/C17H24/c1-7-12(2)8-9-14(4)17-11-10-13(3)15(5)16(17)6/h7,10-11H,4,8-9H2,1-3,5-6H3/b12-7-. The molecule has 0 N–H and O–H groups in total. The fourth-order valence-electron chi connectivity index (χ4n) is 1.97. The van der Waals surface area contributed by atoms with Crippen molar-refractivity contribution in [3.63, 3.8) is 0 Å². The van der Waals surface area contributed by atoms with Crippen molar-refractivity contribution in [1.29, 1.82) is 0 Å². The average molecular weight is 228 g/mol. The first-order valence-corrected chi connectivity index (χ1v) is 6.34. The third-order valence-corrected chi connectivity index (χ3v) is 3.75. The summed E-state index contributed by atoms with van der Waals surface area (Å²) in [6, 6.07) is 4.41. The van der Waals surface area contributed by atoms with Crippen LogP contribution in [-0.4, -0.2) is 0 Å². The van der Waals surface area contributed by atoms with Gasteiger partial charge in [0, 0.05) is 0 Å². The summed E-state index contributed by atoms with van der Waals surface area (Å²) in [7, 11) is 0. The minimum absolute atomic E-state index is 1.06. The van der Waals surface area contributed by atoms with Crippen LogP contribution in [0.1, 0.15) is 48.9 Å². The summed E-state index contributed by atoms with van der Waals surface area (Å²) in [5.74, 6) is 0. The van der Waals surface area contributed by atoms with Crippen LogP contribution in [0.4, 0.5) is 0 Å². The second-order valence-corrected chi connectivity index (χ2v) is 4.92. The van der Waals surface area contributed by atoms with Crippen LogP contribution >= 0.6 is 0 Å². The van der Waals surface area contributed by atoms with Crippen LogP contribution in [0.25, 0.3) is 5.57 Å². The fourth-order valence-corrected chi connectivity index (χ4v) is 1.97. The van der Waals surface area contributed by atoms with Gasteiger partial charge in [-0.1, -0.05) is 30.4 Å². The molecule has 0 aliphatic heterocycles. The summed E-state index contributed by atoms with van der Waals surface area (Å²) in [6.07, 6.45) is 4.35. The van der Waals surface area contributed by atoms with Crippen molar-refractivity contribution in [2.24, 2.45) is 0 Å². The minimum atomic E-state index is 1.06. The van der Waals surface area contributed by atoms with Crippen molar-refractivity contribution in [2.45, 2.75) is 47.5 Å². The molecular weight excluding hydrogens is 204 g/mol. The van der Waals surface area contributed by atoms with Gasteiger partial charge in [-0.3, -0.25) is 0 Å². The highest BCUT2D eigenvalue weighted by atomic mass is 14.1. The number of aryl methyl sites for hydroxylation is 1. The van der Waals surface area contributed by atoms with Gasteiger partial charge in [-0.15, -0.1) is 0 Å². The zero-order valence-corrected chi connectivity index (χ0v) is 11.9. The van der Waals surface area contributed by atoms with Gasteiger partial charge >= 0.3 is 0 Å². The normalized spacial score (nSPS) is 11.7.